The molecule has 0 aliphatic heterocycles. The molecule has 0 atom stereocenters. The number of fused-ring (bicyclic) bond motifs is 1. The van der Waals surface area contributed by atoms with Gasteiger partial charge in [-0.1, -0.05) is 25.1 Å². The molecule has 0 saturated heterocycles. The van der Waals surface area contributed by atoms with Gasteiger partial charge in [0.2, 0.25) is 0 Å². The molecule has 22 heavy (non-hydrogen) atoms. The van der Waals surface area contributed by atoms with E-state index >= 15 is 0 Å². The van der Waals surface area contributed by atoms with Gasteiger partial charge in [-0.2, -0.15) is 0 Å². The van der Waals surface area contributed by atoms with E-state index < -0.39 is 0 Å². The Bertz CT molecular complexity index is 809. The number of benzene rings is 1. The summed E-state index contributed by atoms with van der Waals surface area (Å²) in [4.78, 5) is 4.39. The van der Waals surface area contributed by atoms with Gasteiger partial charge in [-0.15, -0.1) is 0 Å². The second-order valence-electron chi connectivity index (χ2n) is 5.26. The van der Waals surface area contributed by atoms with E-state index in [1.165, 1.54) is 0 Å². The fourth-order valence-electron chi connectivity index (χ4n) is 2.51. The summed E-state index contributed by atoms with van der Waals surface area (Å²) >= 11 is 0. The third kappa shape index (κ3) is 2.19. The highest BCUT2D eigenvalue weighted by atomic mass is 16.5. The summed E-state index contributed by atoms with van der Waals surface area (Å²) in [6.45, 7) is 4.16. The Hall–Kier alpha value is -2.56. The van der Waals surface area contributed by atoms with Gasteiger partial charge in [-0.05, 0) is 18.1 Å². The molecule has 0 unspecified atom stereocenters. The molecule has 0 fully saturated rings. The van der Waals surface area contributed by atoms with Crippen LogP contribution >= 0.6 is 0 Å². The first-order valence-electron chi connectivity index (χ1n) is 7.04. The van der Waals surface area contributed by atoms with Crippen LogP contribution in [0.15, 0.2) is 29.0 Å². The van der Waals surface area contributed by atoms with E-state index in [9.17, 15) is 0 Å². The summed E-state index contributed by atoms with van der Waals surface area (Å²) in [5.41, 5.74) is 3.13. The zero-order valence-electron chi connectivity index (χ0n) is 13.0. The number of nitrogens with zero attached hydrogens (tertiary/aromatic N) is 2. The summed E-state index contributed by atoms with van der Waals surface area (Å²) in [5.74, 6) is 1.61. The van der Waals surface area contributed by atoms with Gasteiger partial charge in [0, 0.05) is 5.56 Å². The lowest BCUT2D eigenvalue weighted by molar-refractivity contribution is 0.403. The van der Waals surface area contributed by atoms with E-state index in [4.69, 9.17) is 14.0 Å². The van der Waals surface area contributed by atoms with Crippen LogP contribution < -0.4 is 9.47 Å². The molecule has 0 N–H and O–H groups in total. The van der Waals surface area contributed by atoms with Crippen molar-refractivity contribution in [3.05, 3.63) is 36.2 Å². The molecule has 0 saturated carbocycles. The minimum atomic E-state index is 0.271. The highest BCUT2D eigenvalue weighted by Gasteiger charge is 2.21. The Kier molecular flexibility index (Phi) is 3.71. The van der Waals surface area contributed by atoms with Gasteiger partial charge in [-0.25, -0.2) is 4.98 Å². The van der Waals surface area contributed by atoms with Gasteiger partial charge in [-0.3, -0.25) is 0 Å². The Morgan fingerprint density at radius 1 is 1.18 bits per heavy atom. The number of hydrogen-bond acceptors (Lipinski definition) is 5. The van der Waals surface area contributed by atoms with E-state index in [0.29, 0.717) is 22.8 Å². The lowest BCUT2D eigenvalue weighted by atomic mass is 9.99. The Balaban J connectivity index is 2.33. The van der Waals surface area contributed by atoms with Crippen LogP contribution in [0.25, 0.3) is 22.2 Å². The molecular weight excluding hydrogens is 280 g/mol. The first-order valence-corrected chi connectivity index (χ1v) is 7.04. The Morgan fingerprint density at radius 3 is 2.68 bits per heavy atom. The molecule has 2 aromatic heterocycles. The number of ether oxygens (including phenoxy) is 2. The second-order valence-corrected chi connectivity index (χ2v) is 5.26. The van der Waals surface area contributed by atoms with Gasteiger partial charge < -0.3 is 14.0 Å². The fourth-order valence-corrected chi connectivity index (χ4v) is 2.51. The van der Waals surface area contributed by atoms with E-state index in [0.717, 1.165) is 16.5 Å². The van der Waals surface area contributed by atoms with Crippen molar-refractivity contribution in [1.29, 1.82) is 0 Å². The van der Waals surface area contributed by atoms with Crippen LogP contribution in [0, 0.1) is 6.20 Å². The van der Waals surface area contributed by atoms with Crippen molar-refractivity contribution >= 4 is 10.9 Å². The predicted octanol–water partition coefficient (Wildman–Crippen LogP) is 3.83. The van der Waals surface area contributed by atoms with Crippen LogP contribution in [0.4, 0.5) is 0 Å². The van der Waals surface area contributed by atoms with Crippen LogP contribution in [0.5, 0.6) is 11.5 Å². The molecular formula is C17H17N2O3. The van der Waals surface area contributed by atoms with Crippen LogP contribution in [0.1, 0.15) is 25.3 Å². The molecule has 0 spiro atoms. The highest BCUT2D eigenvalue weighted by molar-refractivity contribution is 5.96. The first kappa shape index (κ1) is 14.4. The average molecular weight is 297 g/mol. The SMILES string of the molecule is COc1cccc2n[c]c(-c3nocc3C(C)C)c(OC)c12. The zero-order chi connectivity index (χ0) is 15.7. The maximum atomic E-state index is 5.63. The van der Waals surface area contributed by atoms with Crippen molar-refractivity contribution in [3.63, 3.8) is 0 Å². The maximum absolute atomic E-state index is 5.63. The van der Waals surface area contributed by atoms with Crippen molar-refractivity contribution in [2.24, 2.45) is 0 Å². The molecule has 5 nitrogen and oxygen atoms in total. The molecule has 3 aromatic rings. The van der Waals surface area contributed by atoms with Crippen molar-refractivity contribution in [1.82, 2.24) is 10.1 Å². The smallest absolute Gasteiger partial charge is 0.143 e. The topological polar surface area (TPSA) is 57.4 Å². The van der Waals surface area contributed by atoms with Crippen LogP contribution in [-0.2, 0) is 0 Å². The fraction of sp³-hybridized carbons (Fsp3) is 0.294. The van der Waals surface area contributed by atoms with E-state index in [2.05, 4.69) is 30.2 Å². The lowest BCUT2D eigenvalue weighted by Crippen LogP contribution is -1.97. The van der Waals surface area contributed by atoms with Gasteiger partial charge >= 0.3 is 0 Å². The standard InChI is InChI=1S/C17H17N2O3/c1-10(2)12-9-22-19-16(12)11-8-18-13-6-5-7-14(20-3)15(13)17(11)21-4/h5-7,9-10H,1-4H3. The zero-order valence-corrected chi connectivity index (χ0v) is 13.0. The van der Waals surface area contributed by atoms with Gasteiger partial charge in [0.25, 0.3) is 0 Å². The quantitative estimate of drug-likeness (QED) is 0.732. The van der Waals surface area contributed by atoms with Gasteiger partial charge in [0.15, 0.2) is 0 Å². The summed E-state index contributed by atoms with van der Waals surface area (Å²) in [7, 11) is 3.24. The summed E-state index contributed by atoms with van der Waals surface area (Å²) in [5, 5.41) is 4.92. The molecule has 3 rings (SSSR count). The normalized spacial score (nSPS) is 11.1. The Morgan fingerprint density at radius 2 is 2.00 bits per heavy atom. The minimum Gasteiger partial charge on any atom is -0.496 e. The molecule has 2 heterocycles. The third-order valence-corrected chi connectivity index (χ3v) is 3.63. The van der Waals surface area contributed by atoms with Crippen molar-refractivity contribution < 1.29 is 14.0 Å². The molecule has 1 aromatic carbocycles. The predicted molar refractivity (Wildman–Crippen MR) is 83.3 cm³/mol. The number of rotatable bonds is 4. The minimum absolute atomic E-state index is 0.271. The highest BCUT2D eigenvalue weighted by Crippen LogP contribution is 2.41. The molecule has 0 amide bonds. The van der Waals surface area contributed by atoms with Gasteiger partial charge in [0.1, 0.15) is 29.7 Å². The molecule has 0 aliphatic carbocycles. The summed E-state index contributed by atoms with van der Waals surface area (Å²) in [6.07, 6.45) is 4.68. The van der Waals surface area contributed by atoms with Gasteiger partial charge in [0.05, 0.1) is 30.7 Å². The van der Waals surface area contributed by atoms with E-state index in [1.807, 2.05) is 18.2 Å². The number of aromatic nitrogens is 2. The van der Waals surface area contributed by atoms with Crippen LogP contribution in [-0.4, -0.2) is 24.4 Å². The number of hydrogen-bond donors (Lipinski definition) is 0. The largest absolute Gasteiger partial charge is 0.496 e. The van der Waals surface area contributed by atoms with Crippen molar-refractivity contribution in [2.45, 2.75) is 19.8 Å². The number of pyridine rings is 1. The van der Waals surface area contributed by atoms with Crippen LogP contribution in [0.2, 0.25) is 0 Å². The van der Waals surface area contributed by atoms with E-state index in [-0.39, 0.29) is 5.92 Å². The molecule has 113 valence electrons. The van der Waals surface area contributed by atoms with Crippen molar-refractivity contribution in [2.75, 3.05) is 14.2 Å². The third-order valence-electron chi connectivity index (χ3n) is 3.63. The number of methoxy groups -OCH3 is 2. The lowest BCUT2D eigenvalue weighted by Gasteiger charge is -2.13. The monoisotopic (exact) mass is 297 g/mol. The Labute approximate surface area is 128 Å². The molecule has 0 bridgehead atoms. The average Bonchev–Trinajstić information content (AvgIpc) is 3.02. The summed E-state index contributed by atoms with van der Waals surface area (Å²) < 4.78 is 16.2. The molecule has 0 aliphatic rings. The van der Waals surface area contributed by atoms with Crippen LogP contribution in [0.3, 0.4) is 0 Å². The maximum Gasteiger partial charge on any atom is 0.143 e. The van der Waals surface area contributed by atoms with E-state index in [1.54, 1.807) is 20.5 Å². The second kappa shape index (κ2) is 5.67. The molecule has 5 heteroatoms. The first-order chi connectivity index (χ1) is 10.7. The molecule has 1 radical (unpaired) electrons. The summed E-state index contributed by atoms with van der Waals surface area (Å²) in [6, 6.07) is 5.66. The van der Waals surface area contributed by atoms with Crippen molar-refractivity contribution in [3.8, 4) is 22.8 Å².